The van der Waals surface area contributed by atoms with Crippen LogP contribution in [0.1, 0.15) is 6.92 Å². The zero-order valence-electron chi connectivity index (χ0n) is 6.34. The van der Waals surface area contributed by atoms with E-state index in [0.717, 1.165) is 10.7 Å². The Bertz CT molecular complexity index is 255. The minimum atomic E-state index is 0.741. The number of para-hydroxylation sites is 1. The lowest BCUT2D eigenvalue weighted by atomic mass is 10.3. The lowest BCUT2D eigenvalue weighted by molar-refractivity contribution is 1.55. The maximum atomic E-state index is 5.86. The summed E-state index contributed by atoms with van der Waals surface area (Å²) in [5, 5.41) is 3.79. The molecule has 0 spiro atoms. The first kappa shape index (κ1) is 8.15. The summed E-state index contributed by atoms with van der Waals surface area (Å²) < 4.78 is 0. The fourth-order valence-electron chi connectivity index (χ4n) is 0.751. The van der Waals surface area contributed by atoms with Gasteiger partial charge in [-0.25, -0.2) is 0 Å². The molecule has 0 saturated carbocycles. The van der Waals surface area contributed by atoms with E-state index in [1.165, 1.54) is 0 Å². The molecule has 1 aromatic carbocycles. The maximum Gasteiger partial charge on any atom is 0.0640 e. The predicted octanol–water partition coefficient (Wildman–Crippen LogP) is 3.29. The van der Waals surface area contributed by atoms with Crippen LogP contribution in [0.3, 0.4) is 0 Å². The van der Waals surface area contributed by atoms with Gasteiger partial charge in [0, 0.05) is 0 Å². The summed E-state index contributed by atoms with van der Waals surface area (Å²) in [7, 11) is 0. The molecular weight excluding hydrogens is 158 g/mol. The van der Waals surface area contributed by atoms with Crippen LogP contribution in [0.25, 0.3) is 0 Å². The predicted molar refractivity (Wildman–Crippen MR) is 49.9 cm³/mol. The van der Waals surface area contributed by atoms with E-state index in [1.807, 2.05) is 43.5 Å². The molecule has 1 aromatic rings. The number of nitrogens with one attached hydrogen (secondary N) is 1. The van der Waals surface area contributed by atoms with Crippen molar-refractivity contribution in [1.29, 1.82) is 0 Å². The van der Waals surface area contributed by atoms with E-state index in [4.69, 9.17) is 11.6 Å². The quantitative estimate of drug-likeness (QED) is 0.713. The Morgan fingerprint density at radius 1 is 1.36 bits per heavy atom. The largest absolute Gasteiger partial charge is 0.361 e. The molecule has 58 valence electrons. The number of anilines is 1. The van der Waals surface area contributed by atoms with Crippen LogP contribution in [0.4, 0.5) is 5.69 Å². The summed E-state index contributed by atoms with van der Waals surface area (Å²) in [6.07, 6.45) is 3.77. The molecule has 0 unspecified atom stereocenters. The smallest absolute Gasteiger partial charge is 0.0640 e. The van der Waals surface area contributed by atoms with Crippen molar-refractivity contribution in [3.63, 3.8) is 0 Å². The molecule has 0 aliphatic rings. The summed E-state index contributed by atoms with van der Waals surface area (Å²) in [5.41, 5.74) is 0.937. The van der Waals surface area contributed by atoms with Crippen LogP contribution in [0, 0.1) is 0 Å². The molecular formula is C9H10ClN. The highest BCUT2D eigenvalue weighted by Crippen LogP contribution is 2.19. The van der Waals surface area contributed by atoms with Crippen LogP contribution < -0.4 is 5.32 Å². The van der Waals surface area contributed by atoms with Gasteiger partial charge in [0.1, 0.15) is 0 Å². The monoisotopic (exact) mass is 167 g/mol. The van der Waals surface area contributed by atoms with Crippen LogP contribution in [-0.2, 0) is 0 Å². The number of hydrogen-bond donors (Lipinski definition) is 1. The van der Waals surface area contributed by atoms with E-state index in [2.05, 4.69) is 5.32 Å². The van der Waals surface area contributed by atoms with E-state index >= 15 is 0 Å². The molecule has 0 aliphatic carbocycles. The van der Waals surface area contributed by atoms with Crippen molar-refractivity contribution in [3.05, 3.63) is 41.6 Å². The first-order chi connectivity index (χ1) is 5.34. The van der Waals surface area contributed by atoms with Crippen molar-refractivity contribution in [2.24, 2.45) is 0 Å². The zero-order chi connectivity index (χ0) is 8.10. The number of hydrogen-bond acceptors (Lipinski definition) is 1. The van der Waals surface area contributed by atoms with Gasteiger partial charge in [0.15, 0.2) is 0 Å². The molecule has 0 heterocycles. The molecule has 0 atom stereocenters. The van der Waals surface area contributed by atoms with Crippen LogP contribution in [0.15, 0.2) is 36.5 Å². The highest BCUT2D eigenvalue weighted by atomic mass is 35.5. The molecule has 0 fully saturated rings. The Morgan fingerprint density at radius 2 is 2.09 bits per heavy atom. The Balaban J connectivity index is 2.77. The standard InChI is InChI=1S/C9H10ClN/c1-2-7-11-9-6-4-3-5-8(9)10/h2-7,11H,1H3/b7-2-. The molecule has 0 aliphatic heterocycles. The fourth-order valence-corrected chi connectivity index (χ4v) is 0.942. The lowest BCUT2D eigenvalue weighted by Gasteiger charge is -2.01. The maximum absolute atomic E-state index is 5.86. The zero-order valence-corrected chi connectivity index (χ0v) is 7.10. The number of benzene rings is 1. The van der Waals surface area contributed by atoms with Crippen molar-refractivity contribution in [1.82, 2.24) is 0 Å². The third-order valence-corrected chi connectivity index (χ3v) is 1.61. The third kappa shape index (κ3) is 2.28. The number of allylic oxidation sites excluding steroid dienone is 1. The Morgan fingerprint density at radius 3 is 2.73 bits per heavy atom. The number of halogens is 1. The van der Waals surface area contributed by atoms with Gasteiger partial charge in [-0.15, -0.1) is 0 Å². The fraction of sp³-hybridized carbons (Fsp3) is 0.111. The minimum Gasteiger partial charge on any atom is -0.361 e. The molecule has 1 N–H and O–H groups in total. The molecule has 0 aromatic heterocycles. The Hall–Kier alpha value is -0.950. The average Bonchev–Trinajstić information content (AvgIpc) is 2.03. The Kier molecular flexibility index (Phi) is 2.99. The second kappa shape index (κ2) is 4.04. The van der Waals surface area contributed by atoms with Crippen LogP contribution >= 0.6 is 11.6 Å². The van der Waals surface area contributed by atoms with Gasteiger partial charge in [-0.2, -0.15) is 0 Å². The first-order valence-corrected chi connectivity index (χ1v) is 3.84. The second-order valence-corrected chi connectivity index (χ2v) is 2.53. The SMILES string of the molecule is C/C=C\Nc1ccccc1Cl. The van der Waals surface area contributed by atoms with Gasteiger partial charge < -0.3 is 5.32 Å². The van der Waals surface area contributed by atoms with Gasteiger partial charge >= 0.3 is 0 Å². The molecule has 0 radical (unpaired) electrons. The molecule has 11 heavy (non-hydrogen) atoms. The van der Waals surface area contributed by atoms with Crippen LogP contribution in [-0.4, -0.2) is 0 Å². The van der Waals surface area contributed by atoms with E-state index in [1.54, 1.807) is 0 Å². The van der Waals surface area contributed by atoms with Crippen molar-refractivity contribution in [2.45, 2.75) is 6.92 Å². The molecule has 1 nitrogen and oxygen atoms in total. The van der Waals surface area contributed by atoms with Crippen molar-refractivity contribution >= 4 is 17.3 Å². The van der Waals surface area contributed by atoms with Gasteiger partial charge in [-0.05, 0) is 25.3 Å². The summed E-state index contributed by atoms with van der Waals surface area (Å²) in [4.78, 5) is 0. The van der Waals surface area contributed by atoms with E-state index in [9.17, 15) is 0 Å². The lowest BCUT2D eigenvalue weighted by Crippen LogP contribution is -1.86. The van der Waals surface area contributed by atoms with Gasteiger partial charge in [-0.3, -0.25) is 0 Å². The van der Waals surface area contributed by atoms with Crippen LogP contribution in [0.2, 0.25) is 5.02 Å². The first-order valence-electron chi connectivity index (χ1n) is 3.47. The molecule has 0 bridgehead atoms. The van der Waals surface area contributed by atoms with Gasteiger partial charge in [0.2, 0.25) is 0 Å². The summed E-state index contributed by atoms with van der Waals surface area (Å²) >= 11 is 5.86. The van der Waals surface area contributed by atoms with Crippen molar-refractivity contribution in [2.75, 3.05) is 5.32 Å². The topological polar surface area (TPSA) is 12.0 Å². The third-order valence-electron chi connectivity index (χ3n) is 1.28. The minimum absolute atomic E-state index is 0.741. The summed E-state index contributed by atoms with van der Waals surface area (Å²) in [6, 6.07) is 7.64. The Labute approximate surface area is 71.7 Å². The van der Waals surface area contributed by atoms with E-state index in [-0.39, 0.29) is 0 Å². The second-order valence-electron chi connectivity index (χ2n) is 2.12. The molecule has 2 heteroatoms. The molecule has 0 amide bonds. The van der Waals surface area contributed by atoms with Gasteiger partial charge in [-0.1, -0.05) is 29.8 Å². The van der Waals surface area contributed by atoms with Crippen molar-refractivity contribution < 1.29 is 0 Å². The number of rotatable bonds is 2. The molecule has 0 saturated heterocycles. The highest BCUT2D eigenvalue weighted by Gasteiger charge is 1.92. The summed E-state index contributed by atoms with van der Waals surface area (Å²) in [6.45, 7) is 1.95. The average molecular weight is 168 g/mol. The van der Waals surface area contributed by atoms with Gasteiger partial charge in [0.05, 0.1) is 10.7 Å². The van der Waals surface area contributed by atoms with E-state index in [0.29, 0.717) is 0 Å². The normalized spacial score (nSPS) is 10.4. The summed E-state index contributed by atoms with van der Waals surface area (Å²) in [5.74, 6) is 0. The molecule has 1 rings (SSSR count). The highest BCUT2D eigenvalue weighted by molar-refractivity contribution is 6.33. The van der Waals surface area contributed by atoms with Gasteiger partial charge in [0.25, 0.3) is 0 Å². The van der Waals surface area contributed by atoms with E-state index < -0.39 is 0 Å². The van der Waals surface area contributed by atoms with Crippen molar-refractivity contribution in [3.8, 4) is 0 Å². The van der Waals surface area contributed by atoms with Crippen LogP contribution in [0.5, 0.6) is 0 Å².